The van der Waals surface area contributed by atoms with Gasteiger partial charge in [0, 0.05) is 5.69 Å². The van der Waals surface area contributed by atoms with E-state index in [0.717, 1.165) is 11.3 Å². The van der Waals surface area contributed by atoms with E-state index in [1.54, 1.807) is 6.08 Å². The zero-order valence-electron chi connectivity index (χ0n) is 12.6. The number of ketones is 1. The zero-order valence-corrected chi connectivity index (χ0v) is 12.6. The summed E-state index contributed by atoms with van der Waals surface area (Å²) in [4.78, 5) is 16.8. The van der Waals surface area contributed by atoms with Crippen LogP contribution in [0.3, 0.4) is 0 Å². The Morgan fingerprint density at radius 2 is 1.65 bits per heavy atom. The molecule has 0 saturated carbocycles. The highest BCUT2D eigenvalue weighted by molar-refractivity contribution is 6.73. The summed E-state index contributed by atoms with van der Waals surface area (Å²) in [6.45, 7) is 0. The fraction of sp³-hybridized carbons (Fsp3) is 0.0556. The van der Waals surface area contributed by atoms with Gasteiger partial charge in [-0.05, 0) is 23.8 Å². The minimum absolute atomic E-state index is 0.0102. The van der Waals surface area contributed by atoms with Crippen molar-refractivity contribution in [1.82, 2.24) is 0 Å². The molecule has 1 heterocycles. The summed E-state index contributed by atoms with van der Waals surface area (Å²) in [6.07, 6.45) is 1.67. The zero-order chi connectivity index (χ0) is 16.2. The SMILES string of the molecule is C/[N+]([O-])=C1\C(=O)/C(=C/c2ccccc2)N=C1Nc1ccccc1. The molecule has 0 atom stereocenters. The van der Waals surface area contributed by atoms with Crippen LogP contribution in [0.4, 0.5) is 5.69 Å². The minimum atomic E-state index is -0.384. The monoisotopic (exact) mass is 305 g/mol. The number of hydrogen-bond donors (Lipinski definition) is 1. The maximum Gasteiger partial charge on any atom is 0.303 e. The Hall–Kier alpha value is -3.21. The van der Waals surface area contributed by atoms with Crippen molar-refractivity contribution in [2.75, 3.05) is 12.4 Å². The van der Waals surface area contributed by atoms with Crippen molar-refractivity contribution in [2.45, 2.75) is 0 Å². The van der Waals surface area contributed by atoms with Crippen LogP contribution in [0.15, 0.2) is 71.4 Å². The molecule has 0 bridgehead atoms. The van der Waals surface area contributed by atoms with Crippen LogP contribution < -0.4 is 5.32 Å². The van der Waals surface area contributed by atoms with Gasteiger partial charge >= 0.3 is 5.71 Å². The number of Topliss-reactive ketones (excluding diaryl/α,β-unsaturated/α-hetero) is 1. The lowest BCUT2D eigenvalue weighted by atomic mass is 10.1. The first kappa shape index (κ1) is 14.7. The molecule has 0 radical (unpaired) electrons. The van der Waals surface area contributed by atoms with Gasteiger partial charge in [0.2, 0.25) is 5.84 Å². The lowest BCUT2D eigenvalue weighted by Gasteiger charge is -2.05. The summed E-state index contributed by atoms with van der Waals surface area (Å²) < 4.78 is 0.545. The van der Waals surface area contributed by atoms with Gasteiger partial charge in [-0.15, -0.1) is 0 Å². The second-order valence-corrected chi connectivity index (χ2v) is 5.07. The molecule has 0 spiro atoms. The molecule has 23 heavy (non-hydrogen) atoms. The van der Waals surface area contributed by atoms with Crippen LogP contribution >= 0.6 is 0 Å². The molecule has 0 aromatic heterocycles. The molecular formula is C18H15N3O2. The Balaban J connectivity index is 1.99. The first-order valence-electron chi connectivity index (χ1n) is 7.15. The first-order valence-corrected chi connectivity index (χ1v) is 7.15. The van der Waals surface area contributed by atoms with Crippen molar-refractivity contribution in [1.29, 1.82) is 0 Å². The molecule has 0 aliphatic carbocycles. The fourth-order valence-corrected chi connectivity index (χ4v) is 2.30. The van der Waals surface area contributed by atoms with E-state index < -0.39 is 0 Å². The average molecular weight is 305 g/mol. The number of nitrogens with one attached hydrogen (secondary N) is 1. The third-order valence-electron chi connectivity index (χ3n) is 3.36. The molecule has 1 aliphatic rings. The lowest BCUT2D eigenvalue weighted by Crippen LogP contribution is -2.31. The number of carbonyl (C=O) groups excluding carboxylic acids is 1. The molecular weight excluding hydrogens is 290 g/mol. The molecule has 5 heteroatoms. The number of rotatable bonds is 2. The summed E-state index contributed by atoms with van der Waals surface area (Å²) >= 11 is 0. The number of amidine groups is 1. The van der Waals surface area contributed by atoms with E-state index in [4.69, 9.17) is 0 Å². The van der Waals surface area contributed by atoms with E-state index >= 15 is 0 Å². The van der Waals surface area contributed by atoms with Gasteiger partial charge in [-0.1, -0.05) is 48.5 Å². The summed E-state index contributed by atoms with van der Waals surface area (Å²) in [5, 5.41) is 14.8. The first-order chi connectivity index (χ1) is 11.1. The van der Waals surface area contributed by atoms with E-state index in [-0.39, 0.29) is 23.0 Å². The lowest BCUT2D eigenvalue weighted by molar-refractivity contribution is -0.419. The molecule has 1 aliphatic heterocycles. The van der Waals surface area contributed by atoms with Crippen molar-refractivity contribution < 1.29 is 9.53 Å². The number of aliphatic imine (C=N–C) groups is 1. The van der Waals surface area contributed by atoms with E-state index in [2.05, 4.69) is 10.3 Å². The van der Waals surface area contributed by atoms with E-state index in [9.17, 15) is 10.0 Å². The molecule has 0 unspecified atom stereocenters. The van der Waals surface area contributed by atoms with Gasteiger partial charge in [0.05, 0.1) is 0 Å². The van der Waals surface area contributed by atoms with Crippen LogP contribution in [0.5, 0.6) is 0 Å². The number of allylic oxidation sites excluding steroid dienone is 1. The Bertz CT molecular complexity index is 818. The third-order valence-corrected chi connectivity index (χ3v) is 3.36. The number of hydroxylamine groups is 1. The van der Waals surface area contributed by atoms with Gasteiger partial charge in [-0.25, -0.2) is 9.73 Å². The molecule has 114 valence electrons. The summed E-state index contributed by atoms with van der Waals surface area (Å²) in [5.41, 5.74) is 1.87. The van der Waals surface area contributed by atoms with Crippen LogP contribution in [0.2, 0.25) is 0 Å². The Morgan fingerprint density at radius 1 is 1.04 bits per heavy atom. The molecule has 0 saturated heterocycles. The maximum atomic E-state index is 12.5. The van der Waals surface area contributed by atoms with Gasteiger partial charge in [0.1, 0.15) is 12.7 Å². The average Bonchev–Trinajstić information content (AvgIpc) is 2.85. The summed E-state index contributed by atoms with van der Waals surface area (Å²) in [6, 6.07) is 18.7. The molecule has 0 amide bonds. The maximum absolute atomic E-state index is 12.5. The van der Waals surface area contributed by atoms with E-state index in [0.29, 0.717) is 4.74 Å². The number of para-hydroxylation sites is 1. The van der Waals surface area contributed by atoms with Crippen LogP contribution in [0.1, 0.15) is 5.56 Å². The Labute approximate surface area is 133 Å². The van der Waals surface area contributed by atoms with Crippen molar-refractivity contribution in [3.8, 4) is 0 Å². The molecule has 1 N–H and O–H groups in total. The van der Waals surface area contributed by atoms with Crippen LogP contribution in [-0.4, -0.2) is 29.1 Å². The highest BCUT2D eigenvalue weighted by atomic mass is 16.5. The number of nitrogens with zero attached hydrogens (tertiary/aromatic N) is 2. The molecule has 3 rings (SSSR count). The summed E-state index contributed by atoms with van der Waals surface area (Å²) in [7, 11) is 1.29. The van der Waals surface area contributed by atoms with E-state index in [1.165, 1.54) is 7.05 Å². The van der Waals surface area contributed by atoms with Gasteiger partial charge in [0.15, 0.2) is 0 Å². The minimum Gasteiger partial charge on any atom is -0.623 e. The van der Waals surface area contributed by atoms with Crippen molar-refractivity contribution >= 4 is 29.1 Å². The molecule has 5 nitrogen and oxygen atoms in total. The predicted octanol–water partition coefficient (Wildman–Crippen LogP) is 2.70. The van der Waals surface area contributed by atoms with Gasteiger partial charge in [-0.3, -0.25) is 4.79 Å². The highest BCUT2D eigenvalue weighted by Gasteiger charge is 2.35. The molecule has 2 aromatic carbocycles. The smallest absolute Gasteiger partial charge is 0.303 e. The number of hydrogen-bond acceptors (Lipinski definition) is 4. The second kappa shape index (κ2) is 6.27. The number of carbonyl (C=O) groups is 1. The van der Waals surface area contributed by atoms with Gasteiger partial charge in [0.25, 0.3) is 5.78 Å². The normalized spacial score (nSPS) is 18.0. The second-order valence-electron chi connectivity index (χ2n) is 5.07. The predicted molar refractivity (Wildman–Crippen MR) is 91.5 cm³/mol. The number of benzene rings is 2. The van der Waals surface area contributed by atoms with Crippen LogP contribution in [0.25, 0.3) is 6.08 Å². The summed E-state index contributed by atoms with van der Waals surface area (Å²) in [5.74, 6) is -0.120. The largest absolute Gasteiger partial charge is 0.623 e. The Morgan fingerprint density at radius 3 is 2.26 bits per heavy atom. The van der Waals surface area contributed by atoms with Gasteiger partial charge in [-0.2, -0.15) is 0 Å². The highest BCUT2D eigenvalue weighted by Crippen LogP contribution is 2.17. The Kier molecular flexibility index (Phi) is 4.01. The van der Waals surface area contributed by atoms with E-state index in [1.807, 2.05) is 60.7 Å². The van der Waals surface area contributed by atoms with Crippen molar-refractivity contribution in [2.24, 2.45) is 4.99 Å². The fourth-order valence-electron chi connectivity index (χ4n) is 2.30. The van der Waals surface area contributed by atoms with Crippen molar-refractivity contribution in [3.63, 3.8) is 0 Å². The van der Waals surface area contributed by atoms with Crippen molar-refractivity contribution in [3.05, 3.63) is 77.1 Å². The third kappa shape index (κ3) is 3.18. The number of anilines is 1. The standard InChI is InChI=1S/C18H15N3O2/c1-21(23)16-17(22)15(12-13-8-4-2-5-9-13)20-18(16)19-14-10-6-3-7-11-14/h2-12H,1H3,(H,19,20)/b15-12-,21-16-. The topological polar surface area (TPSA) is 67.5 Å². The van der Waals surface area contributed by atoms with Crippen LogP contribution in [0, 0.1) is 5.21 Å². The molecule has 2 aromatic rings. The van der Waals surface area contributed by atoms with Gasteiger partial charge < -0.3 is 10.5 Å². The van der Waals surface area contributed by atoms with Crippen LogP contribution in [-0.2, 0) is 4.79 Å². The quantitative estimate of drug-likeness (QED) is 0.401. The molecule has 0 fully saturated rings.